The van der Waals surface area contributed by atoms with Crippen LogP contribution < -0.4 is 18.9 Å². The molecule has 0 aromatic carbocycles. The Labute approximate surface area is 85.2 Å². The van der Waals surface area contributed by atoms with Gasteiger partial charge in [0.05, 0.1) is 0 Å². The van der Waals surface area contributed by atoms with Crippen LogP contribution in [0.3, 0.4) is 0 Å². The number of hydrogen-bond acceptors (Lipinski definition) is 4. The maximum Gasteiger partial charge on any atom is 2.00 e. The summed E-state index contributed by atoms with van der Waals surface area (Å²) >= 11 is 0. The Balaban J connectivity index is -0.00000000533. The van der Waals surface area contributed by atoms with Crippen molar-refractivity contribution in [3.63, 3.8) is 0 Å². The van der Waals surface area contributed by atoms with Gasteiger partial charge in [0.25, 0.3) is 0 Å². The van der Waals surface area contributed by atoms with E-state index in [1.54, 1.807) is 0 Å². The molecule has 4 nitrogen and oxygen atoms in total. The molecule has 0 aliphatic rings. The summed E-state index contributed by atoms with van der Waals surface area (Å²) in [5.74, 6) is 0. The van der Waals surface area contributed by atoms with Crippen molar-refractivity contribution in [2.45, 2.75) is 0 Å². The summed E-state index contributed by atoms with van der Waals surface area (Å²) < 4.78 is 0. The van der Waals surface area contributed by atoms with Gasteiger partial charge in [-0.2, -0.15) is 0 Å². The predicted octanol–water partition coefficient (Wildman–Crippen LogP) is -7.10. The van der Waals surface area contributed by atoms with Gasteiger partial charge in [0.1, 0.15) is 0 Å². The van der Waals surface area contributed by atoms with Crippen LogP contribution in [0.2, 0.25) is 0 Å². The van der Waals surface area contributed by atoms with Gasteiger partial charge in [-0.3, -0.25) is 0 Å². The van der Waals surface area contributed by atoms with Crippen molar-refractivity contribution in [3.05, 3.63) is 0 Å². The van der Waals surface area contributed by atoms with Gasteiger partial charge < -0.3 is 23.5 Å². The normalized spacial score (nSPS) is 7.50. The molecule has 46 valence electrons. The average Bonchev–Trinajstić information content (AvgIpc) is 0.722. The zero-order valence-corrected chi connectivity index (χ0v) is 6.41. The predicted molar refractivity (Wildman–Crippen MR) is 35.1 cm³/mol. The molecule has 0 unspecified atom stereocenters. The molecule has 0 rings (SSSR count). The minimum atomic E-state index is -4.61. The Morgan fingerprint density at radius 2 is 1.00 bits per heavy atom. The molecular formula is H11LiMgO4Si2. The molecule has 0 bridgehead atoms. The van der Waals surface area contributed by atoms with Crippen molar-refractivity contribution >= 4 is 43.1 Å². The quantitative estimate of drug-likeness (QED) is 0.267. The first-order valence-corrected chi connectivity index (χ1v) is 2.68. The zero-order valence-electron chi connectivity index (χ0n) is 7.00. The largest absolute Gasteiger partial charge is 2.00 e. The van der Waals surface area contributed by atoms with E-state index in [0.29, 0.717) is 0 Å². The van der Waals surface area contributed by atoms with Gasteiger partial charge in [-0.1, -0.05) is 0 Å². The average molecular weight is 163 g/mol. The molecule has 0 fully saturated rings. The van der Waals surface area contributed by atoms with Crippen LogP contribution in [0.15, 0.2) is 0 Å². The van der Waals surface area contributed by atoms with E-state index in [4.69, 9.17) is 19.2 Å². The minimum absolute atomic E-state index is 0. The van der Waals surface area contributed by atoms with E-state index in [9.17, 15) is 0 Å². The van der Waals surface area contributed by atoms with Crippen molar-refractivity contribution < 1.29 is 42.3 Å². The fourth-order valence-corrected chi connectivity index (χ4v) is 0. The molecule has 4 N–H and O–H groups in total. The Hall–Kier alpha value is 1.64. The molecule has 0 heterocycles. The first-order chi connectivity index (χ1) is 2.00. The van der Waals surface area contributed by atoms with Gasteiger partial charge in [-0.25, -0.2) is 0 Å². The van der Waals surface area contributed by atoms with Gasteiger partial charge in [0.2, 0.25) is 0 Å². The van der Waals surface area contributed by atoms with E-state index in [1.165, 1.54) is 0 Å². The van der Waals surface area contributed by atoms with E-state index in [1.807, 2.05) is 0 Å². The van der Waals surface area contributed by atoms with E-state index in [0.717, 1.165) is 0 Å². The summed E-state index contributed by atoms with van der Waals surface area (Å²) in [6.45, 7) is 0. The fourth-order valence-electron chi connectivity index (χ4n) is 0. The third-order valence-electron chi connectivity index (χ3n) is 0. The van der Waals surface area contributed by atoms with Gasteiger partial charge in [-0.15, -0.1) is 0 Å². The van der Waals surface area contributed by atoms with Crippen LogP contribution in [0.25, 0.3) is 0 Å². The smallest absolute Gasteiger partial charge is 1.00 e. The van der Waals surface area contributed by atoms with E-state index < -0.39 is 9.05 Å². The first kappa shape index (κ1) is 22.6. The molecule has 0 atom stereocenters. The van der Waals surface area contributed by atoms with Gasteiger partial charge in [0.15, 0.2) is 0 Å². The first-order valence-electron chi connectivity index (χ1n) is 0.894. The maximum absolute atomic E-state index is 7.33. The molecule has 0 amide bonds. The van der Waals surface area contributed by atoms with E-state index in [2.05, 4.69) is 0 Å². The Morgan fingerprint density at radius 3 is 1.00 bits per heavy atom. The van der Waals surface area contributed by atoms with Crippen LogP contribution in [0.1, 0.15) is 4.28 Å². The second-order valence-electron chi connectivity index (χ2n) is 0.600. The molecule has 0 aromatic heterocycles. The van der Waals surface area contributed by atoms with Crippen molar-refractivity contribution in [1.29, 1.82) is 0 Å². The number of rotatable bonds is 0. The van der Waals surface area contributed by atoms with Crippen LogP contribution in [0, 0.1) is 0 Å². The second-order valence-corrected chi connectivity index (χ2v) is 1.80. The van der Waals surface area contributed by atoms with Crippen molar-refractivity contribution in [2.75, 3.05) is 0 Å². The van der Waals surface area contributed by atoms with Gasteiger partial charge in [0, 0.05) is 0 Å². The molecule has 0 aliphatic carbocycles. The van der Waals surface area contributed by atoms with Crippen LogP contribution in [-0.4, -0.2) is 62.2 Å². The molecular weight excluding hydrogens is 151 g/mol. The van der Waals surface area contributed by atoms with Crippen LogP contribution in [-0.2, 0) is 0 Å². The monoisotopic (exact) mass is 162 g/mol. The molecule has 0 aliphatic heterocycles. The summed E-state index contributed by atoms with van der Waals surface area (Å²) in [6, 6.07) is 0. The molecule has 0 aromatic rings. The Morgan fingerprint density at radius 1 is 1.00 bits per heavy atom. The molecule has 8 heavy (non-hydrogen) atoms. The molecule has 8 heteroatoms. The molecule has 0 radical (unpaired) electrons. The third-order valence-corrected chi connectivity index (χ3v) is 0. The van der Waals surface area contributed by atoms with Crippen molar-refractivity contribution in [1.82, 2.24) is 0 Å². The summed E-state index contributed by atoms with van der Waals surface area (Å²) in [6.07, 6.45) is 0. The second kappa shape index (κ2) is 8.64. The van der Waals surface area contributed by atoms with Gasteiger partial charge >= 0.3 is 51.0 Å². The molecule has 0 saturated carbocycles. The molecule has 0 spiro atoms. The fraction of sp³-hybridized carbons (Fsp3) is 0. The number of hydrogen-bond donors (Lipinski definition) is 4. The summed E-state index contributed by atoms with van der Waals surface area (Å²) in [5.41, 5.74) is 0. The summed E-state index contributed by atoms with van der Waals surface area (Å²) in [7, 11) is -4.61. The van der Waals surface area contributed by atoms with E-state index in [-0.39, 0.29) is 57.2 Å². The molecule has 0 saturated heterocycles. The van der Waals surface area contributed by atoms with Gasteiger partial charge in [-0.05, 0) is 11.0 Å². The Kier molecular flexibility index (Phi) is 24.4. The third kappa shape index (κ3) is 125. The Bertz CT molecular complexity index is 38.8. The SMILES string of the molecule is O[Si](O)(O)O.[H-].[H-].[H-].[Li+].[Mg+2].[SiH4]. The minimum Gasteiger partial charge on any atom is -1.00 e. The standard InChI is InChI=1S/Li.Mg.H4O4Si.H4Si.3H/c;;1-5(2,3)4;;;;/h;;1-4H;1H4;;;/q+1;+2;;;3*-1. The van der Waals surface area contributed by atoms with Crippen LogP contribution >= 0.6 is 0 Å². The van der Waals surface area contributed by atoms with E-state index >= 15 is 0 Å². The van der Waals surface area contributed by atoms with Crippen molar-refractivity contribution in [3.8, 4) is 0 Å². The summed E-state index contributed by atoms with van der Waals surface area (Å²) in [4.78, 5) is 29.3. The summed E-state index contributed by atoms with van der Waals surface area (Å²) in [5, 5.41) is 0. The van der Waals surface area contributed by atoms with Crippen LogP contribution in [0.4, 0.5) is 0 Å². The maximum atomic E-state index is 7.33. The topological polar surface area (TPSA) is 80.9 Å². The zero-order chi connectivity index (χ0) is 4.50. The van der Waals surface area contributed by atoms with Crippen molar-refractivity contribution in [2.24, 2.45) is 0 Å². The van der Waals surface area contributed by atoms with Crippen LogP contribution in [0.5, 0.6) is 0 Å².